The summed E-state index contributed by atoms with van der Waals surface area (Å²) in [6, 6.07) is 5.44. The van der Waals surface area contributed by atoms with E-state index in [-0.39, 0.29) is 40.8 Å². The first-order valence-corrected chi connectivity index (χ1v) is 19.0. The Morgan fingerprint density at radius 1 is 0.660 bits per heavy atom. The summed E-state index contributed by atoms with van der Waals surface area (Å²) >= 11 is 0. The Kier molecular flexibility index (Phi) is 12.0. The lowest BCUT2D eigenvalue weighted by Crippen LogP contribution is -2.51. The molecule has 3 aliphatic rings. The van der Waals surface area contributed by atoms with E-state index in [1.165, 1.54) is 0 Å². The van der Waals surface area contributed by atoms with Crippen LogP contribution in [0.3, 0.4) is 0 Å². The number of amides is 3. The van der Waals surface area contributed by atoms with Crippen molar-refractivity contribution in [3.8, 4) is 0 Å². The van der Waals surface area contributed by atoms with Crippen LogP contribution in [0.2, 0.25) is 0 Å². The van der Waals surface area contributed by atoms with Gasteiger partial charge in [0.1, 0.15) is 0 Å². The summed E-state index contributed by atoms with van der Waals surface area (Å²) < 4.78 is 0. The van der Waals surface area contributed by atoms with Crippen molar-refractivity contribution >= 4 is 23.4 Å². The third-order valence-corrected chi connectivity index (χ3v) is 13.5. The van der Waals surface area contributed by atoms with Crippen molar-refractivity contribution in [3.05, 3.63) is 29.3 Å². The first-order valence-electron chi connectivity index (χ1n) is 19.0. The molecule has 6 nitrogen and oxygen atoms in total. The van der Waals surface area contributed by atoms with Gasteiger partial charge >= 0.3 is 0 Å². The fourth-order valence-corrected chi connectivity index (χ4v) is 9.06. The molecule has 1 aromatic carbocycles. The molecule has 0 saturated heterocycles. The monoisotopic (exact) mass is 650 g/mol. The van der Waals surface area contributed by atoms with Gasteiger partial charge in [0.2, 0.25) is 11.8 Å². The number of hydrogen-bond acceptors (Lipinski definition) is 3. The summed E-state index contributed by atoms with van der Waals surface area (Å²) in [6.45, 7) is 21.0. The quantitative estimate of drug-likeness (QED) is 0.264. The Bertz CT molecular complexity index is 1200. The Morgan fingerprint density at radius 3 is 1.49 bits per heavy atom. The lowest BCUT2D eigenvalue weighted by atomic mass is 9.67. The highest BCUT2D eigenvalue weighted by atomic mass is 16.2. The minimum atomic E-state index is -0.586. The Labute approximate surface area is 286 Å². The third kappa shape index (κ3) is 9.01. The van der Waals surface area contributed by atoms with Crippen LogP contribution in [0.25, 0.3) is 0 Å². The fourth-order valence-electron chi connectivity index (χ4n) is 9.06. The number of nitrogens with two attached hydrogens (primary N) is 1. The molecule has 4 rings (SSSR count). The summed E-state index contributed by atoms with van der Waals surface area (Å²) in [5.74, 6) is 1.25. The number of carbonyl (C=O) groups excluding carboxylic acids is 3. The van der Waals surface area contributed by atoms with Crippen LogP contribution in [-0.2, 0) is 4.79 Å². The van der Waals surface area contributed by atoms with E-state index in [4.69, 9.17) is 5.73 Å². The number of rotatable bonds is 10. The van der Waals surface area contributed by atoms with Crippen molar-refractivity contribution in [2.75, 3.05) is 5.32 Å². The van der Waals surface area contributed by atoms with Crippen LogP contribution in [-0.4, -0.2) is 34.7 Å². The maximum Gasteiger partial charge on any atom is 0.254 e. The van der Waals surface area contributed by atoms with Gasteiger partial charge in [-0.3, -0.25) is 14.4 Å². The highest BCUT2D eigenvalue weighted by molar-refractivity contribution is 6.02. The van der Waals surface area contributed by atoms with Crippen LogP contribution in [0, 0.1) is 39.9 Å². The van der Waals surface area contributed by atoms with Crippen LogP contribution in [0.5, 0.6) is 0 Å². The maximum atomic E-state index is 14.7. The highest BCUT2D eigenvalue weighted by Crippen LogP contribution is 2.45. The predicted octanol–water partition coefficient (Wildman–Crippen LogP) is 10.0. The van der Waals surface area contributed by atoms with Gasteiger partial charge in [0.25, 0.3) is 5.91 Å². The number of carbonyl (C=O) groups is 3. The van der Waals surface area contributed by atoms with Crippen molar-refractivity contribution in [3.63, 3.8) is 0 Å². The van der Waals surface area contributed by atoms with Gasteiger partial charge in [0, 0.05) is 34.8 Å². The van der Waals surface area contributed by atoms with Gasteiger partial charge in [-0.25, -0.2) is 0 Å². The molecule has 0 heterocycles. The van der Waals surface area contributed by atoms with Crippen molar-refractivity contribution in [1.82, 2.24) is 4.90 Å². The van der Waals surface area contributed by atoms with E-state index in [1.807, 2.05) is 0 Å². The molecule has 1 aromatic rings. The summed E-state index contributed by atoms with van der Waals surface area (Å²) in [6.07, 6.45) is 14.7. The second-order valence-corrected chi connectivity index (χ2v) is 18.0. The highest BCUT2D eigenvalue weighted by Gasteiger charge is 2.41. The zero-order chi connectivity index (χ0) is 34.7. The van der Waals surface area contributed by atoms with E-state index in [0.717, 1.165) is 89.9 Å². The van der Waals surface area contributed by atoms with E-state index in [2.05, 4.69) is 72.5 Å². The molecule has 3 fully saturated rings. The molecule has 0 bridgehead atoms. The van der Waals surface area contributed by atoms with E-state index in [9.17, 15) is 14.4 Å². The number of nitrogens with one attached hydrogen (secondary N) is 1. The first kappa shape index (κ1) is 37.4. The number of hydrogen-bond donors (Lipinski definition) is 2. The van der Waals surface area contributed by atoms with Crippen molar-refractivity contribution in [1.29, 1.82) is 0 Å². The predicted molar refractivity (Wildman–Crippen MR) is 194 cm³/mol. The van der Waals surface area contributed by atoms with E-state index in [1.54, 1.807) is 18.2 Å². The molecule has 0 spiro atoms. The number of benzene rings is 1. The molecule has 0 aliphatic heterocycles. The molecule has 3 aliphatic carbocycles. The summed E-state index contributed by atoms with van der Waals surface area (Å²) in [4.78, 5) is 42.9. The van der Waals surface area contributed by atoms with Gasteiger partial charge in [-0.2, -0.15) is 0 Å². The molecule has 0 unspecified atom stereocenters. The zero-order valence-electron chi connectivity index (χ0n) is 31.3. The van der Waals surface area contributed by atoms with Gasteiger partial charge in [-0.05, 0) is 129 Å². The molecule has 3 N–H and O–H groups in total. The average molecular weight is 650 g/mol. The molecule has 264 valence electrons. The van der Waals surface area contributed by atoms with Crippen LogP contribution in [0.4, 0.5) is 5.69 Å². The largest absolute Gasteiger partial charge is 0.366 e. The molecule has 47 heavy (non-hydrogen) atoms. The number of primary amides is 1. The molecule has 0 atom stereocenters. The van der Waals surface area contributed by atoms with E-state index in [0.29, 0.717) is 39.8 Å². The van der Waals surface area contributed by atoms with E-state index < -0.39 is 5.91 Å². The first-order chi connectivity index (χ1) is 22.0. The van der Waals surface area contributed by atoms with Crippen molar-refractivity contribution in [2.45, 2.75) is 164 Å². The lowest BCUT2D eigenvalue weighted by molar-refractivity contribution is -0.121. The molecule has 0 aromatic heterocycles. The van der Waals surface area contributed by atoms with Gasteiger partial charge in [0.05, 0.1) is 0 Å². The van der Waals surface area contributed by atoms with Crippen LogP contribution in [0.15, 0.2) is 18.2 Å². The molecule has 0 radical (unpaired) electrons. The summed E-state index contributed by atoms with van der Waals surface area (Å²) in [5.41, 5.74) is 7.88. The minimum Gasteiger partial charge on any atom is -0.366 e. The maximum absolute atomic E-state index is 14.7. The van der Waals surface area contributed by atoms with Crippen LogP contribution in [0.1, 0.15) is 173 Å². The topological polar surface area (TPSA) is 92.5 Å². The molecular formula is C41H67N3O3. The van der Waals surface area contributed by atoms with E-state index >= 15 is 0 Å². The van der Waals surface area contributed by atoms with Crippen LogP contribution < -0.4 is 11.1 Å². The van der Waals surface area contributed by atoms with Gasteiger partial charge in [-0.15, -0.1) is 0 Å². The molecule has 6 heteroatoms. The summed E-state index contributed by atoms with van der Waals surface area (Å²) in [7, 11) is 0. The van der Waals surface area contributed by atoms with Gasteiger partial charge < -0.3 is 16.0 Å². The van der Waals surface area contributed by atoms with Crippen LogP contribution >= 0.6 is 0 Å². The Hall–Kier alpha value is -2.37. The third-order valence-electron chi connectivity index (χ3n) is 13.5. The zero-order valence-corrected chi connectivity index (χ0v) is 31.3. The fraction of sp³-hybridized carbons (Fsp3) is 0.780. The molecule has 3 amide bonds. The standard InChI is InChI=1S/C41H67N3O3/c1-10-40(6,7)31-16-20-34(21-17-31)44(35-22-18-32(19-23-35)41(8,9)11-2)38(47)29-24-28(36(42)45)25-33(26-29)43-37(46)27-12-14-30(15-13-27)39(3,4)5/h24-27,30-32,34-35H,10-23H2,1-9H3,(H2,42,45)(H,43,46)/t27?,30?,31-,32-,34+,35+. The molecular weight excluding hydrogens is 582 g/mol. The van der Waals surface area contributed by atoms with Gasteiger partial charge in [0.15, 0.2) is 0 Å². The minimum absolute atomic E-state index is 0.0225. The second kappa shape index (κ2) is 15.0. The van der Waals surface area contributed by atoms with Crippen molar-refractivity contribution in [2.24, 2.45) is 45.7 Å². The average Bonchev–Trinajstić information content (AvgIpc) is 3.04. The summed E-state index contributed by atoms with van der Waals surface area (Å²) in [5, 5.41) is 3.09. The second-order valence-electron chi connectivity index (χ2n) is 18.0. The smallest absolute Gasteiger partial charge is 0.254 e. The lowest BCUT2D eigenvalue weighted by Gasteiger charge is -2.47. The Balaban J connectivity index is 1.58. The SMILES string of the molecule is CCC(C)(C)[C@H]1CC[C@@H](N(C(=O)c2cc(NC(=O)C3CCC(C(C)(C)C)CC3)cc(C(N)=O)c2)[C@H]2CC[C@@H](C(C)(C)CC)CC2)CC1. The Morgan fingerprint density at radius 2 is 1.09 bits per heavy atom. The molecule has 3 saturated carbocycles. The van der Waals surface area contributed by atoms with Gasteiger partial charge in [-0.1, -0.05) is 75.2 Å². The number of anilines is 1. The normalized spacial score (nSPS) is 27.6. The number of nitrogens with zero attached hydrogens (tertiary/aromatic N) is 1. The van der Waals surface area contributed by atoms with Crippen molar-refractivity contribution < 1.29 is 14.4 Å².